The van der Waals surface area contributed by atoms with Gasteiger partial charge in [0, 0.05) is 38.1 Å². The Bertz CT molecular complexity index is 1150. The molecule has 1 N–H and O–H groups in total. The first-order valence-corrected chi connectivity index (χ1v) is 8.95. The zero-order chi connectivity index (χ0) is 21.5. The summed E-state index contributed by atoms with van der Waals surface area (Å²) < 4.78 is 41.4. The first-order valence-electron chi connectivity index (χ1n) is 8.95. The van der Waals surface area contributed by atoms with Gasteiger partial charge in [0.15, 0.2) is 0 Å². The van der Waals surface area contributed by atoms with Gasteiger partial charge in [-0.2, -0.15) is 0 Å². The highest BCUT2D eigenvalue weighted by molar-refractivity contribution is 5.96. The number of carbonyl (C=O) groups is 1. The van der Waals surface area contributed by atoms with E-state index < -0.39 is 30.0 Å². The summed E-state index contributed by atoms with van der Waals surface area (Å²) in [6.07, 6.45) is 3.66. The van der Waals surface area contributed by atoms with Crippen LogP contribution in [0.2, 0.25) is 0 Å². The number of nitrogens with zero attached hydrogens (tertiary/aromatic N) is 2. The molecule has 154 valence electrons. The second-order valence-corrected chi connectivity index (χ2v) is 6.94. The van der Waals surface area contributed by atoms with Crippen molar-refractivity contribution >= 4 is 28.2 Å². The van der Waals surface area contributed by atoms with Gasteiger partial charge in [-0.15, -0.1) is 0 Å². The fraction of sp³-hybridized carbons (Fsp3) is 0.286. The number of nitrogens with one attached hydrogen (secondary N) is 1. The second kappa shape index (κ2) is 7.35. The number of aryl methyl sites for hydroxylation is 1. The van der Waals surface area contributed by atoms with Crippen molar-refractivity contribution in [2.24, 2.45) is 13.0 Å². The molecule has 1 aliphatic rings. The molecule has 3 rings (SSSR count). The molecule has 1 atom stereocenters. The Morgan fingerprint density at radius 1 is 1.45 bits per heavy atom. The molecule has 1 fully saturated rings. The summed E-state index contributed by atoms with van der Waals surface area (Å²) in [6, 6.07) is 3.03. The Morgan fingerprint density at radius 3 is 2.66 bits per heavy atom. The summed E-state index contributed by atoms with van der Waals surface area (Å²) in [5.41, 5.74) is 1.07. The van der Waals surface area contributed by atoms with Gasteiger partial charge in [-0.3, -0.25) is 9.59 Å². The zero-order valence-electron chi connectivity index (χ0n) is 16.2. The van der Waals surface area contributed by atoms with Crippen molar-refractivity contribution in [2.45, 2.75) is 26.2 Å². The number of rotatable bonds is 5. The maximum absolute atomic E-state index is 14.0. The fourth-order valence-corrected chi connectivity index (χ4v) is 3.19. The Kier molecular flexibility index (Phi) is 5.21. The number of hydrogen-bond donors (Lipinski definition) is 1. The summed E-state index contributed by atoms with van der Waals surface area (Å²) in [5.74, 6) is -5.59. The maximum Gasteiger partial charge on any atom is 0.260 e. The third-order valence-corrected chi connectivity index (χ3v) is 5.02. The fourth-order valence-electron chi connectivity index (χ4n) is 3.19. The van der Waals surface area contributed by atoms with E-state index in [1.165, 1.54) is 23.9 Å². The van der Waals surface area contributed by atoms with Crippen LogP contribution in [0.1, 0.15) is 27.3 Å². The molecule has 2 aromatic heterocycles. The number of anilines is 1. The second-order valence-electron chi connectivity index (χ2n) is 6.94. The van der Waals surface area contributed by atoms with Gasteiger partial charge >= 0.3 is 0 Å². The van der Waals surface area contributed by atoms with Crippen molar-refractivity contribution in [3.8, 4) is 0 Å². The molecule has 2 heterocycles. The lowest BCUT2D eigenvalue weighted by atomic mass is 9.98. The summed E-state index contributed by atoms with van der Waals surface area (Å²) >= 11 is 0. The molecule has 0 aliphatic heterocycles. The van der Waals surface area contributed by atoms with Gasteiger partial charge in [0.1, 0.15) is 17.6 Å². The van der Waals surface area contributed by atoms with E-state index in [-0.39, 0.29) is 23.9 Å². The lowest BCUT2D eigenvalue weighted by molar-refractivity contribution is -0.119. The van der Waals surface area contributed by atoms with Crippen molar-refractivity contribution in [2.75, 3.05) is 5.32 Å². The normalized spacial score (nSPS) is 19.0. The largest absolute Gasteiger partial charge is 0.311 e. The minimum Gasteiger partial charge on any atom is -0.311 e. The molecule has 0 saturated heterocycles. The monoisotopic (exact) mass is 405 g/mol. The van der Waals surface area contributed by atoms with Crippen LogP contribution in [0.25, 0.3) is 16.5 Å². The van der Waals surface area contributed by atoms with Crippen LogP contribution in [0.15, 0.2) is 53.3 Å². The van der Waals surface area contributed by atoms with Crippen LogP contribution in [0.3, 0.4) is 0 Å². The molecule has 0 spiro atoms. The van der Waals surface area contributed by atoms with E-state index in [0.717, 1.165) is 6.08 Å². The van der Waals surface area contributed by atoms with Crippen LogP contribution in [-0.4, -0.2) is 21.4 Å². The molecule has 0 aromatic carbocycles. The number of fused-ring (bicyclic) bond motifs is 1. The van der Waals surface area contributed by atoms with E-state index in [1.807, 2.05) is 0 Å². The topological polar surface area (TPSA) is 64.0 Å². The Balaban J connectivity index is 0.00000320. The number of aromatic nitrogens is 2. The minimum absolute atomic E-state index is 0. The van der Waals surface area contributed by atoms with Crippen molar-refractivity contribution in [3.63, 3.8) is 0 Å². The highest BCUT2D eigenvalue weighted by Gasteiger charge is 2.61. The molecular weight excluding hydrogens is 383 g/mol. The van der Waals surface area contributed by atoms with Gasteiger partial charge in [-0.25, -0.2) is 18.2 Å². The maximum atomic E-state index is 14.0. The van der Waals surface area contributed by atoms with Crippen LogP contribution in [0, 0.1) is 5.92 Å². The average molecular weight is 405 g/mol. The first kappa shape index (κ1) is 20.6. The molecular formula is C21H22F3N3O2. The number of pyridine rings is 2. The van der Waals surface area contributed by atoms with Crippen molar-refractivity contribution < 1.29 is 19.4 Å². The lowest BCUT2D eigenvalue weighted by Gasteiger charge is -2.13. The van der Waals surface area contributed by atoms with Gasteiger partial charge in [0.25, 0.3) is 11.5 Å². The lowest BCUT2D eigenvalue weighted by Crippen LogP contribution is -2.22. The standard InChI is InChI=1S/C21H20F3N3O2.H2/c1-5-13(11(3)16(22)6-2)14-7-12-10-25-18(8-17(12)27(4)20(14)29)26-19(28)15-9-21(15,23)24;/h5-8,10,15H,2,9H2,1,3-4H3,(H,25,26,28);1H/b13-5+,16-11+;. The van der Waals surface area contributed by atoms with Crippen molar-refractivity contribution in [1.29, 1.82) is 0 Å². The Morgan fingerprint density at radius 2 is 2.10 bits per heavy atom. The first-order chi connectivity index (χ1) is 13.6. The molecule has 0 bridgehead atoms. The summed E-state index contributed by atoms with van der Waals surface area (Å²) in [7, 11) is 1.53. The zero-order valence-corrected chi connectivity index (χ0v) is 16.2. The van der Waals surface area contributed by atoms with E-state index in [0.29, 0.717) is 16.5 Å². The van der Waals surface area contributed by atoms with Crippen LogP contribution in [0.5, 0.6) is 0 Å². The Hall–Kier alpha value is -3.16. The van der Waals surface area contributed by atoms with Gasteiger partial charge in [-0.05, 0) is 37.1 Å². The number of allylic oxidation sites excluding steroid dienone is 5. The van der Waals surface area contributed by atoms with E-state index in [4.69, 9.17) is 0 Å². The number of halogens is 3. The van der Waals surface area contributed by atoms with Gasteiger partial charge in [0.05, 0.1) is 5.52 Å². The molecule has 2 aromatic rings. The highest BCUT2D eigenvalue weighted by atomic mass is 19.3. The van der Waals surface area contributed by atoms with Crippen molar-refractivity contribution in [1.82, 2.24) is 9.55 Å². The molecule has 1 aliphatic carbocycles. The third-order valence-electron chi connectivity index (χ3n) is 5.02. The summed E-state index contributed by atoms with van der Waals surface area (Å²) in [4.78, 5) is 28.8. The van der Waals surface area contributed by atoms with E-state index in [9.17, 15) is 22.8 Å². The SMILES string of the molecule is C=C/C(F)=C(C)\C(=C/C)c1cc2cnc(NC(=O)C3CC3(F)F)cc2n(C)c1=O.[HH]. The van der Waals surface area contributed by atoms with Crippen LogP contribution < -0.4 is 10.9 Å². The van der Waals surface area contributed by atoms with Crippen LogP contribution in [-0.2, 0) is 11.8 Å². The molecule has 1 amide bonds. The molecule has 0 radical (unpaired) electrons. The predicted molar refractivity (Wildman–Crippen MR) is 108 cm³/mol. The number of alkyl halides is 2. The molecule has 29 heavy (non-hydrogen) atoms. The average Bonchev–Trinajstić information content (AvgIpc) is 3.34. The van der Waals surface area contributed by atoms with E-state index in [1.54, 1.807) is 26.0 Å². The number of carbonyl (C=O) groups excluding carboxylic acids is 1. The van der Waals surface area contributed by atoms with Crippen LogP contribution >= 0.6 is 0 Å². The highest BCUT2D eigenvalue weighted by Crippen LogP contribution is 2.49. The summed E-state index contributed by atoms with van der Waals surface area (Å²) in [6.45, 7) is 6.66. The van der Waals surface area contributed by atoms with E-state index in [2.05, 4.69) is 16.9 Å². The molecule has 1 unspecified atom stereocenters. The molecule has 5 nitrogen and oxygen atoms in total. The smallest absolute Gasteiger partial charge is 0.260 e. The Labute approximate surface area is 166 Å². The molecule has 1 saturated carbocycles. The third kappa shape index (κ3) is 3.74. The number of amides is 1. The predicted octanol–water partition coefficient (Wildman–Crippen LogP) is 4.61. The number of hydrogen-bond acceptors (Lipinski definition) is 3. The molecule has 8 heteroatoms. The summed E-state index contributed by atoms with van der Waals surface area (Å²) in [5, 5.41) is 2.93. The van der Waals surface area contributed by atoms with Gasteiger partial charge in [-0.1, -0.05) is 12.7 Å². The van der Waals surface area contributed by atoms with Gasteiger partial charge < -0.3 is 9.88 Å². The van der Waals surface area contributed by atoms with Gasteiger partial charge in [0.2, 0.25) is 5.91 Å². The van der Waals surface area contributed by atoms with Crippen LogP contribution in [0.4, 0.5) is 19.0 Å². The minimum atomic E-state index is -2.97. The van der Waals surface area contributed by atoms with E-state index >= 15 is 0 Å². The van der Waals surface area contributed by atoms with Crippen molar-refractivity contribution in [3.05, 3.63) is 64.4 Å². The quantitative estimate of drug-likeness (QED) is 0.739.